The zero-order valence-corrected chi connectivity index (χ0v) is 14.5. The first-order valence-corrected chi connectivity index (χ1v) is 8.80. The van der Waals surface area contributed by atoms with Gasteiger partial charge in [0, 0.05) is 23.0 Å². The zero-order valence-electron chi connectivity index (χ0n) is 13.0. The Balaban J connectivity index is 2.02. The maximum absolute atomic E-state index is 12.4. The maximum atomic E-state index is 12.4. The van der Waals surface area contributed by atoms with Crippen molar-refractivity contribution in [1.29, 1.82) is 0 Å². The van der Waals surface area contributed by atoms with Gasteiger partial charge in [-0.15, -0.1) is 11.8 Å². The normalized spacial score (nSPS) is 15.9. The van der Waals surface area contributed by atoms with E-state index in [1.807, 2.05) is 0 Å². The molecule has 138 valence electrons. The predicted octanol–water partition coefficient (Wildman–Crippen LogP) is 4.32. The van der Waals surface area contributed by atoms with Crippen LogP contribution in [-0.4, -0.2) is 47.0 Å². The number of rotatable bonds is 4. The highest BCUT2D eigenvalue weighted by Crippen LogP contribution is 2.34. The van der Waals surface area contributed by atoms with Gasteiger partial charge in [-0.1, -0.05) is 11.6 Å². The average molecular weight is 397 g/mol. The summed E-state index contributed by atoms with van der Waals surface area (Å²) in [4.78, 5) is 24.9. The lowest BCUT2D eigenvalue weighted by Crippen LogP contribution is -2.42. The molecule has 0 atom stereocenters. The van der Waals surface area contributed by atoms with E-state index in [0.717, 1.165) is 0 Å². The van der Waals surface area contributed by atoms with E-state index in [1.54, 1.807) is 0 Å². The van der Waals surface area contributed by atoms with E-state index >= 15 is 0 Å². The van der Waals surface area contributed by atoms with Crippen LogP contribution in [0.2, 0.25) is 5.02 Å². The van der Waals surface area contributed by atoms with Gasteiger partial charge in [0.2, 0.25) is 0 Å². The summed E-state index contributed by atoms with van der Waals surface area (Å²) in [5.41, 5.74) is 0.201. The van der Waals surface area contributed by atoms with Crippen LogP contribution < -0.4 is 5.32 Å². The van der Waals surface area contributed by atoms with E-state index in [4.69, 9.17) is 16.7 Å². The molecule has 2 rings (SSSR count). The van der Waals surface area contributed by atoms with Crippen LogP contribution in [0.25, 0.3) is 0 Å². The van der Waals surface area contributed by atoms with E-state index in [2.05, 4.69) is 5.32 Å². The highest BCUT2D eigenvalue weighted by molar-refractivity contribution is 7.99. The van der Waals surface area contributed by atoms with Crippen LogP contribution in [0.4, 0.5) is 23.7 Å². The summed E-state index contributed by atoms with van der Waals surface area (Å²) in [6, 6.07) is 3.78. The lowest BCUT2D eigenvalue weighted by molar-refractivity contribution is -0.143. The van der Waals surface area contributed by atoms with Crippen LogP contribution in [-0.2, 0) is 4.79 Å². The second-order valence-corrected chi connectivity index (χ2v) is 7.03. The summed E-state index contributed by atoms with van der Waals surface area (Å²) >= 11 is 6.43. The molecule has 5 nitrogen and oxygen atoms in total. The maximum Gasteiger partial charge on any atom is 0.398 e. The first-order chi connectivity index (χ1) is 11.7. The van der Waals surface area contributed by atoms with Gasteiger partial charge in [-0.05, 0) is 31.0 Å². The molecule has 1 saturated heterocycles. The quantitative estimate of drug-likeness (QED) is 0.743. The van der Waals surface area contributed by atoms with E-state index in [9.17, 15) is 22.8 Å². The van der Waals surface area contributed by atoms with Gasteiger partial charge in [-0.2, -0.15) is 13.2 Å². The van der Waals surface area contributed by atoms with E-state index in [0.29, 0.717) is 24.6 Å². The van der Waals surface area contributed by atoms with E-state index < -0.39 is 29.8 Å². The molecule has 0 spiro atoms. The van der Waals surface area contributed by atoms with Gasteiger partial charge in [0.1, 0.15) is 0 Å². The zero-order chi connectivity index (χ0) is 18.6. The van der Waals surface area contributed by atoms with Gasteiger partial charge >= 0.3 is 18.2 Å². The number of piperidine rings is 1. The largest absolute Gasteiger partial charge is 0.481 e. The van der Waals surface area contributed by atoms with Crippen LogP contribution in [0.1, 0.15) is 12.8 Å². The Bertz CT molecular complexity index is 649. The summed E-state index contributed by atoms with van der Waals surface area (Å²) in [6.07, 6.45) is -3.65. The summed E-state index contributed by atoms with van der Waals surface area (Å²) in [5, 5.41) is 11.8. The number of aliphatic carboxylic acids is 1. The number of carboxylic acid groups (broad SMARTS) is 1. The van der Waals surface area contributed by atoms with Gasteiger partial charge in [0.25, 0.3) is 0 Å². The predicted molar refractivity (Wildman–Crippen MR) is 89.2 cm³/mol. The standard InChI is InChI=1S/C15H16ClF3N2O3S/c16-10-1-2-12(25-8-15(17,18)19)11(7-10)20-14(24)21-5-3-9(4-6-21)13(22)23/h1-2,7,9H,3-6,8H2,(H,20,24)(H,22,23). The summed E-state index contributed by atoms with van der Waals surface area (Å²) in [5.74, 6) is -2.45. The number of thioether (sulfide) groups is 1. The van der Waals surface area contributed by atoms with E-state index in [-0.39, 0.29) is 28.7 Å². The molecule has 1 aromatic carbocycles. The Morgan fingerprint density at radius 2 is 1.96 bits per heavy atom. The van der Waals surface area contributed by atoms with Crippen molar-refractivity contribution >= 4 is 41.1 Å². The van der Waals surface area contributed by atoms with Crippen LogP contribution in [0.5, 0.6) is 0 Å². The SMILES string of the molecule is O=C(O)C1CCN(C(=O)Nc2cc(Cl)ccc2SCC(F)(F)F)CC1. The molecular weight excluding hydrogens is 381 g/mol. The molecule has 1 aliphatic rings. The van der Waals surface area contributed by atoms with Crippen LogP contribution in [0.15, 0.2) is 23.1 Å². The molecule has 1 heterocycles. The third kappa shape index (κ3) is 6.00. The molecule has 1 aliphatic heterocycles. The van der Waals surface area contributed by atoms with Crippen molar-refractivity contribution in [3.63, 3.8) is 0 Å². The number of carbonyl (C=O) groups is 2. The molecule has 2 amide bonds. The number of anilines is 1. The Labute approximate surface area is 151 Å². The molecule has 0 unspecified atom stereocenters. The van der Waals surface area contributed by atoms with Gasteiger partial charge in [-0.3, -0.25) is 4.79 Å². The fraction of sp³-hybridized carbons (Fsp3) is 0.467. The second-order valence-electron chi connectivity index (χ2n) is 5.57. The Morgan fingerprint density at radius 3 is 2.52 bits per heavy atom. The summed E-state index contributed by atoms with van der Waals surface area (Å²) in [6.45, 7) is 0.544. The molecule has 0 aliphatic carbocycles. The van der Waals surface area contributed by atoms with Crippen molar-refractivity contribution in [3.05, 3.63) is 23.2 Å². The minimum atomic E-state index is -4.33. The number of benzene rings is 1. The van der Waals surface area contributed by atoms with Gasteiger partial charge in [-0.25, -0.2) is 4.79 Å². The second kappa shape index (κ2) is 8.18. The molecule has 1 fully saturated rings. The number of likely N-dealkylation sites (tertiary alicyclic amines) is 1. The number of hydrogen-bond donors (Lipinski definition) is 2. The molecule has 0 saturated carbocycles. The fourth-order valence-electron chi connectivity index (χ4n) is 2.41. The third-order valence-corrected chi connectivity index (χ3v) is 5.08. The van der Waals surface area contributed by atoms with Crippen molar-refractivity contribution < 1.29 is 27.9 Å². The molecule has 0 aromatic heterocycles. The number of alkyl halides is 3. The molecule has 10 heteroatoms. The van der Waals surface area contributed by atoms with Crippen LogP contribution >= 0.6 is 23.4 Å². The van der Waals surface area contributed by atoms with Gasteiger partial charge < -0.3 is 15.3 Å². The number of nitrogens with zero attached hydrogens (tertiary/aromatic N) is 1. The van der Waals surface area contributed by atoms with Crippen molar-refractivity contribution in [2.45, 2.75) is 23.9 Å². The number of amides is 2. The number of carboxylic acids is 1. The van der Waals surface area contributed by atoms with Crippen molar-refractivity contribution in [1.82, 2.24) is 4.90 Å². The highest BCUT2D eigenvalue weighted by atomic mass is 35.5. The third-order valence-electron chi connectivity index (χ3n) is 3.71. The minimum Gasteiger partial charge on any atom is -0.481 e. The molecule has 2 N–H and O–H groups in total. The van der Waals surface area contributed by atoms with E-state index in [1.165, 1.54) is 23.1 Å². The summed E-state index contributed by atoms with van der Waals surface area (Å²) < 4.78 is 37.3. The topological polar surface area (TPSA) is 69.6 Å². The first kappa shape index (κ1) is 19.7. The number of urea groups is 1. The number of halogens is 4. The Morgan fingerprint density at radius 1 is 1.32 bits per heavy atom. The van der Waals surface area contributed by atoms with Crippen molar-refractivity contribution in [2.75, 3.05) is 24.2 Å². The van der Waals surface area contributed by atoms with Gasteiger partial charge in [0.05, 0.1) is 17.4 Å². The highest BCUT2D eigenvalue weighted by Gasteiger charge is 2.29. The average Bonchev–Trinajstić information content (AvgIpc) is 2.53. The van der Waals surface area contributed by atoms with Gasteiger partial charge in [0.15, 0.2) is 0 Å². The lowest BCUT2D eigenvalue weighted by Gasteiger charge is -2.30. The number of hydrogen-bond acceptors (Lipinski definition) is 3. The molecular formula is C15H16ClF3N2O3S. The fourth-order valence-corrected chi connectivity index (χ4v) is 3.33. The number of carbonyl (C=O) groups excluding carboxylic acids is 1. The van der Waals surface area contributed by atoms with Crippen LogP contribution in [0, 0.1) is 5.92 Å². The molecule has 0 radical (unpaired) electrons. The Kier molecular flexibility index (Phi) is 6.45. The lowest BCUT2D eigenvalue weighted by atomic mass is 9.97. The molecule has 0 bridgehead atoms. The van der Waals surface area contributed by atoms with Crippen molar-refractivity contribution in [3.8, 4) is 0 Å². The summed E-state index contributed by atoms with van der Waals surface area (Å²) in [7, 11) is 0. The molecule has 1 aromatic rings. The van der Waals surface area contributed by atoms with Crippen molar-refractivity contribution in [2.24, 2.45) is 5.92 Å². The Hall–Kier alpha value is -1.61. The first-order valence-electron chi connectivity index (χ1n) is 7.43. The monoisotopic (exact) mass is 396 g/mol. The smallest absolute Gasteiger partial charge is 0.398 e. The van der Waals surface area contributed by atoms with Crippen LogP contribution in [0.3, 0.4) is 0 Å². The minimum absolute atomic E-state index is 0.201. The number of nitrogens with one attached hydrogen (secondary N) is 1. The molecule has 25 heavy (non-hydrogen) atoms.